The SMILES string of the molecule is CCN(Cc1ccccc1)C(=O)c1ccc(C)c(-n2c(C)nc3cccnc32)c1. The summed E-state index contributed by atoms with van der Waals surface area (Å²) >= 11 is 0. The van der Waals surface area contributed by atoms with E-state index in [1.807, 2.05) is 90.9 Å². The van der Waals surface area contributed by atoms with Crippen LogP contribution in [0.25, 0.3) is 16.9 Å². The van der Waals surface area contributed by atoms with Gasteiger partial charge in [0.25, 0.3) is 5.91 Å². The summed E-state index contributed by atoms with van der Waals surface area (Å²) < 4.78 is 2.02. The van der Waals surface area contributed by atoms with E-state index >= 15 is 0 Å². The van der Waals surface area contributed by atoms with Crippen LogP contribution in [0.15, 0.2) is 66.9 Å². The van der Waals surface area contributed by atoms with Crippen LogP contribution >= 0.6 is 0 Å². The zero-order chi connectivity index (χ0) is 20.4. The van der Waals surface area contributed by atoms with Crippen molar-refractivity contribution in [3.8, 4) is 5.69 Å². The van der Waals surface area contributed by atoms with Crippen LogP contribution in [0.3, 0.4) is 0 Å². The lowest BCUT2D eigenvalue weighted by atomic mass is 10.1. The quantitative estimate of drug-likeness (QED) is 0.501. The Morgan fingerprint density at radius 2 is 1.83 bits per heavy atom. The number of aromatic nitrogens is 3. The maximum atomic E-state index is 13.2. The fourth-order valence-corrected chi connectivity index (χ4v) is 3.61. The smallest absolute Gasteiger partial charge is 0.254 e. The van der Waals surface area contributed by atoms with Crippen molar-refractivity contribution < 1.29 is 4.79 Å². The zero-order valence-corrected chi connectivity index (χ0v) is 17.0. The van der Waals surface area contributed by atoms with E-state index in [4.69, 9.17) is 0 Å². The van der Waals surface area contributed by atoms with Crippen molar-refractivity contribution in [2.45, 2.75) is 27.3 Å². The number of benzene rings is 2. The van der Waals surface area contributed by atoms with Gasteiger partial charge in [-0.1, -0.05) is 36.4 Å². The maximum Gasteiger partial charge on any atom is 0.254 e. The summed E-state index contributed by atoms with van der Waals surface area (Å²) in [6.07, 6.45) is 1.77. The molecule has 0 radical (unpaired) electrons. The fraction of sp³-hybridized carbons (Fsp3) is 0.208. The summed E-state index contributed by atoms with van der Waals surface area (Å²) in [6.45, 7) is 7.25. The van der Waals surface area contributed by atoms with Gasteiger partial charge in [-0.15, -0.1) is 0 Å². The van der Waals surface area contributed by atoms with Gasteiger partial charge in [-0.3, -0.25) is 9.36 Å². The number of carbonyl (C=O) groups excluding carboxylic acids is 1. The number of hydrogen-bond acceptors (Lipinski definition) is 3. The molecule has 0 aliphatic rings. The number of aryl methyl sites for hydroxylation is 2. The molecule has 2 aromatic carbocycles. The first-order valence-electron chi connectivity index (χ1n) is 9.82. The molecule has 0 spiro atoms. The summed E-state index contributed by atoms with van der Waals surface area (Å²) in [6, 6.07) is 19.8. The number of imidazole rings is 1. The summed E-state index contributed by atoms with van der Waals surface area (Å²) in [5.41, 5.74) is 5.44. The average molecular weight is 384 g/mol. The normalized spacial score (nSPS) is 11.0. The Morgan fingerprint density at radius 3 is 2.59 bits per heavy atom. The van der Waals surface area contributed by atoms with Gasteiger partial charge in [0.05, 0.1) is 5.69 Å². The highest BCUT2D eigenvalue weighted by Gasteiger charge is 2.18. The highest BCUT2D eigenvalue weighted by molar-refractivity contribution is 5.95. The van der Waals surface area contributed by atoms with Crippen molar-refractivity contribution >= 4 is 17.1 Å². The lowest BCUT2D eigenvalue weighted by Crippen LogP contribution is -2.30. The number of nitrogens with zero attached hydrogens (tertiary/aromatic N) is 4. The number of fused-ring (bicyclic) bond motifs is 1. The van der Waals surface area contributed by atoms with Crippen LogP contribution in [0.2, 0.25) is 0 Å². The van der Waals surface area contributed by atoms with Gasteiger partial charge in [-0.2, -0.15) is 0 Å². The molecule has 0 bridgehead atoms. The molecule has 0 N–H and O–H groups in total. The van der Waals surface area contributed by atoms with E-state index in [1.165, 1.54) is 0 Å². The Bertz CT molecular complexity index is 1160. The Morgan fingerprint density at radius 1 is 1.03 bits per heavy atom. The standard InChI is InChI=1S/C24H24N4O/c1-4-27(16-19-9-6-5-7-10-19)24(29)20-13-12-17(2)22(15-20)28-18(3)26-21-11-8-14-25-23(21)28/h5-15H,4,16H2,1-3H3. The van der Waals surface area contributed by atoms with Gasteiger partial charge < -0.3 is 4.90 Å². The molecule has 0 fully saturated rings. The maximum absolute atomic E-state index is 13.2. The molecule has 5 heteroatoms. The third-order valence-corrected chi connectivity index (χ3v) is 5.17. The van der Waals surface area contributed by atoms with Crippen LogP contribution in [0, 0.1) is 13.8 Å². The molecule has 29 heavy (non-hydrogen) atoms. The number of carbonyl (C=O) groups is 1. The first-order valence-corrected chi connectivity index (χ1v) is 9.82. The number of amides is 1. The van der Waals surface area contributed by atoms with E-state index in [2.05, 4.69) is 9.97 Å². The second-order valence-corrected chi connectivity index (χ2v) is 7.15. The average Bonchev–Trinajstić information content (AvgIpc) is 3.08. The van der Waals surface area contributed by atoms with Gasteiger partial charge in [0.1, 0.15) is 11.3 Å². The first kappa shape index (κ1) is 18.9. The highest BCUT2D eigenvalue weighted by Crippen LogP contribution is 2.24. The second kappa shape index (κ2) is 7.87. The fourth-order valence-electron chi connectivity index (χ4n) is 3.61. The van der Waals surface area contributed by atoms with Crippen molar-refractivity contribution in [3.05, 3.63) is 89.4 Å². The van der Waals surface area contributed by atoms with E-state index in [0.29, 0.717) is 18.7 Å². The minimum atomic E-state index is 0.0210. The van der Waals surface area contributed by atoms with Crippen LogP contribution in [-0.4, -0.2) is 31.9 Å². The van der Waals surface area contributed by atoms with E-state index in [0.717, 1.165) is 33.8 Å². The highest BCUT2D eigenvalue weighted by atomic mass is 16.2. The van der Waals surface area contributed by atoms with Gasteiger partial charge in [0.2, 0.25) is 0 Å². The lowest BCUT2D eigenvalue weighted by Gasteiger charge is -2.22. The minimum absolute atomic E-state index is 0.0210. The van der Waals surface area contributed by atoms with Crippen LogP contribution in [0.1, 0.15) is 34.2 Å². The lowest BCUT2D eigenvalue weighted by molar-refractivity contribution is 0.0752. The summed E-state index contributed by atoms with van der Waals surface area (Å²) in [5, 5.41) is 0. The number of rotatable bonds is 5. The topological polar surface area (TPSA) is 51.0 Å². The van der Waals surface area contributed by atoms with Crippen molar-refractivity contribution in [3.63, 3.8) is 0 Å². The van der Waals surface area contributed by atoms with Crippen LogP contribution in [0.4, 0.5) is 0 Å². The van der Waals surface area contributed by atoms with Crippen molar-refractivity contribution in [2.75, 3.05) is 6.54 Å². The molecule has 0 aliphatic carbocycles. The third kappa shape index (κ3) is 3.63. The zero-order valence-electron chi connectivity index (χ0n) is 17.0. The molecule has 0 saturated carbocycles. The molecule has 4 aromatic rings. The predicted molar refractivity (Wildman–Crippen MR) is 115 cm³/mol. The molecule has 0 unspecified atom stereocenters. The van der Waals surface area contributed by atoms with E-state index in [-0.39, 0.29) is 5.91 Å². The number of pyridine rings is 1. The molecule has 2 heterocycles. The molecule has 4 rings (SSSR count). The predicted octanol–water partition coefficient (Wildman–Crippen LogP) is 4.70. The minimum Gasteiger partial charge on any atom is -0.335 e. The summed E-state index contributed by atoms with van der Waals surface area (Å²) in [7, 11) is 0. The second-order valence-electron chi connectivity index (χ2n) is 7.15. The first-order chi connectivity index (χ1) is 14.1. The van der Waals surface area contributed by atoms with E-state index in [9.17, 15) is 4.79 Å². The molecule has 2 aromatic heterocycles. The van der Waals surface area contributed by atoms with Gasteiger partial charge >= 0.3 is 0 Å². The van der Waals surface area contributed by atoms with Crippen LogP contribution in [0.5, 0.6) is 0 Å². The molecule has 0 aliphatic heterocycles. The Labute approximate surface area is 170 Å². The number of hydrogen-bond donors (Lipinski definition) is 0. The van der Waals surface area contributed by atoms with E-state index in [1.54, 1.807) is 6.20 Å². The van der Waals surface area contributed by atoms with Crippen molar-refractivity contribution in [2.24, 2.45) is 0 Å². The summed E-state index contributed by atoms with van der Waals surface area (Å²) in [5.74, 6) is 0.871. The van der Waals surface area contributed by atoms with Gasteiger partial charge in [0.15, 0.2) is 5.65 Å². The molecule has 146 valence electrons. The van der Waals surface area contributed by atoms with Crippen LogP contribution in [-0.2, 0) is 6.54 Å². The molecule has 0 saturated heterocycles. The van der Waals surface area contributed by atoms with Gasteiger partial charge in [0, 0.05) is 24.8 Å². The Balaban J connectivity index is 1.72. The van der Waals surface area contributed by atoms with Crippen LogP contribution < -0.4 is 0 Å². The molecular formula is C24H24N4O. The largest absolute Gasteiger partial charge is 0.335 e. The van der Waals surface area contributed by atoms with Crippen molar-refractivity contribution in [1.82, 2.24) is 19.4 Å². The van der Waals surface area contributed by atoms with Gasteiger partial charge in [-0.05, 0) is 56.2 Å². The molecule has 1 amide bonds. The van der Waals surface area contributed by atoms with E-state index < -0.39 is 0 Å². The summed E-state index contributed by atoms with van der Waals surface area (Å²) in [4.78, 5) is 24.2. The Kier molecular flexibility index (Phi) is 5.12. The molecule has 0 atom stereocenters. The monoisotopic (exact) mass is 384 g/mol. The molecular weight excluding hydrogens is 360 g/mol. The van der Waals surface area contributed by atoms with Crippen molar-refractivity contribution in [1.29, 1.82) is 0 Å². The third-order valence-electron chi connectivity index (χ3n) is 5.17. The van der Waals surface area contributed by atoms with Gasteiger partial charge in [-0.25, -0.2) is 9.97 Å². The molecule has 5 nitrogen and oxygen atoms in total. The Hall–Kier alpha value is -3.47.